The molecule has 4 aliphatic rings. The third kappa shape index (κ3) is 7.28. The third-order valence-electron chi connectivity index (χ3n) is 9.66. The van der Waals surface area contributed by atoms with Crippen molar-refractivity contribution in [1.82, 2.24) is 20.0 Å². The predicted octanol–water partition coefficient (Wildman–Crippen LogP) is 4.11. The minimum absolute atomic E-state index is 0.0129. The van der Waals surface area contributed by atoms with Crippen LogP contribution in [-0.2, 0) is 9.53 Å². The highest BCUT2D eigenvalue weighted by molar-refractivity contribution is 5.98. The second kappa shape index (κ2) is 13.4. The lowest BCUT2D eigenvalue weighted by atomic mass is 9.82. The molecule has 6 rings (SSSR count). The number of benzene rings is 2. The molecule has 0 aromatic heterocycles. The molecule has 0 radical (unpaired) electrons. The van der Waals surface area contributed by atoms with Gasteiger partial charge < -0.3 is 24.6 Å². The Morgan fingerprint density at radius 2 is 1.60 bits per heavy atom. The summed E-state index contributed by atoms with van der Waals surface area (Å²) in [6.45, 7) is 11.3. The van der Waals surface area contributed by atoms with Crippen LogP contribution in [0.25, 0.3) is 0 Å². The average Bonchev–Trinajstić information content (AvgIpc) is 3.25. The zero-order valence-corrected chi connectivity index (χ0v) is 26.9. The van der Waals surface area contributed by atoms with E-state index >= 15 is 0 Å². The van der Waals surface area contributed by atoms with Gasteiger partial charge in [-0.15, -0.1) is 0 Å². The first kappa shape index (κ1) is 31.4. The number of fused-ring (bicyclic) bond motifs is 3. The van der Waals surface area contributed by atoms with E-state index in [0.717, 1.165) is 74.4 Å². The van der Waals surface area contributed by atoms with Crippen LogP contribution in [0.15, 0.2) is 48.5 Å². The Kier molecular flexibility index (Phi) is 9.33. The molecule has 0 spiro atoms. The van der Waals surface area contributed by atoms with Crippen LogP contribution >= 0.6 is 0 Å². The van der Waals surface area contributed by atoms with Gasteiger partial charge in [-0.05, 0) is 76.1 Å². The summed E-state index contributed by atoms with van der Waals surface area (Å²) in [5.74, 6) is 1.11. The molecule has 2 unspecified atom stereocenters. The second-order valence-corrected chi connectivity index (χ2v) is 13.7. The Morgan fingerprint density at radius 1 is 0.911 bits per heavy atom. The summed E-state index contributed by atoms with van der Waals surface area (Å²) in [6.07, 6.45) is 4.10. The van der Waals surface area contributed by atoms with Crippen molar-refractivity contribution >= 4 is 23.6 Å². The van der Waals surface area contributed by atoms with Gasteiger partial charge in [-0.3, -0.25) is 19.4 Å². The van der Waals surface area contributed by atoms with E-state index in [1.165, 1.54) is 0 Å². The molecule has 1 N–H and O–H groups in total. The van der Waals surface area contributed by atoms with Gasteiger partial charge in [0, 0.05) is 70.0 Å². The smallest absolute Gasteiger partial charge is 0.410 e. The van der Waals surface area contributed by atoms with Crippen LogP contribution in [0, 0.1) is 0 Å². The van der Waals surface area contributed by atoms with E-state index in [0.29, 0.717) is 44.2 Å². The van der Waals surface area contributed by atoms with Gasteiger partial charge >= 0.3 is 6.09 Å². The largest absolute Gasteiger partial charge is 0.482 e. The van der Waals surface area contributed by atoms with E-state index in [9.17, 15) is 14.4 Å². The molecule has 0 aliphatic carbocycles. The summed E-state index contributed by atoms with van der Waals surface area (Å²) < 4.78 is 11.1. The van der Waals surface area contributed by atoms with Crippen LogP contribution in [0.2, 0.25) is 0 Å². The van der Waals surface area contributed by atoms with Crippen LogP contribution in [0.5, 0.6) is 5.75 Å². The van der Waals surface area contributed by atoms with Crippen LogP contribution in [0.4, 0.5) is 10.5 Å². The van der Waals surface area contributed by atoms with E-state index < -0.39 is 5.60 Å². The summed E-state index contributed by atoms with van der Waals surface area (Å²) >= 11 is 0. The van der Waals surface area contributed by atoms with Crippen molar-refractivity contribution in [3.05, 3.63) is 59.7 Å². The van der Waals surface area contributed by atoms with Gasteiger partial charge in [0.05, 0.1) is 5.69 Å². The van der Waals surface area contributed by atoms with Gasteiger partial charge in [-0.25, -0.2) is 4.79 Å². The molecule has 3 amide bonds. The van der Waals surface area contributed by atoms with E-state index in [1.54, 1.807) is 4.90 Å². The fourth-order valence-corrected chi connectivity index (χ4v) is 7.47. The van der Waals surface area contributed by atoms with Crippen molar-refractivity contribution < 1.29 is 23.9 Å². The Bertz CT molecular complexity index is 1370. The summed E-state index contributed by atoms with van der Waals surface area (Å²) in [5, 5.41) is 3.16. The minimum atomic E-state index is -0.496. The molecule has 3 saturated heterocycles. The third-order valence-corrected chi connectivity index (χ3v) is 9.66. The fraction of sp³-hybridized carbons (Fsp3) is 0.571. The lowest BCUT2D eigenvalue weighted by Gasteiger charge is -2.41. The quantitative estimate of drug-likeness (QED) is 0.477. The zero-order chi connectivity index (χ0) is 31.6. The molecule has 4 heterocycles. The maximum atomic E-state index is 13.4. The monoisotopic (exact) mass is 617 g/mol. The number of piperazine rings is 1. The standard InChI is InChI=1S/C35H47N5O5/c1-35(2,3)45-34(43)38-18-16-37(17-19-38)15-14-36-33(42)29-9-5-4-8-28(29)25-22-26-12-13-27(23-25)39(26)20-21-40-30-10-6-7-11-31(30)44-24-32(40)41/h4-11,25-27H,12-24H2,1-3H3,(H,36,42). The van der Waals surface area contributed by atoms with Crippen LogP contribution in [0.1, 0.15) is 68.3 Å². The number of hydrogen-bond acceptors (Lipinski definition) is 7. The highest BCUT2D eigenvalue weighted by atomic mass is 16.6. The number of hydrogen-bond donors (Lipinski definition) is 1. The maximum Gasteiger partial charge on any atom is 0.410 e. The molecule has 3 fully saturated rings. The zero-order valence-electron chi connectivity index (χ0n) is 26.9. The number of rotatable bonds is 8. The van der Waals surface area contributed by atoms with Crippen molar-refractivity contribution in [3.8, 4) is 5.75 Å². The minimum Gasteiger partial charge on any atom is -0.482 e. The number of piperidine rings is 1. The van der Waals surface area contributed by atoms with Gasteiger partial charge in [0.15, 0.2) is 6.61 Å². The van der Waals surface area contributed by atoms with E-state index in [-0.39, 0.29) is 24.5 Å². The van der Waals surface area contributed by atoms with Crippen molar-refractivity contribution in [2.75, 3.05) is 63.9 Å². The molecule has 0 saturated carbocycles. The summed E-state index contributed by atoms with van der Waals surface area (Å²) in [6, 6.07) is 16.8. The first-order valence-corrected chi connectivity index (χ1v) is 16.5. The number of nitrogens with zero attached hydrogens (tertiary/aromatic N) is 4. The first-order valence-electron chi connectivity index (χ1n) is 16.5. The van der Waals surface area contributed by atoms with Gasteiger partial charge in [0.1, 0.15) is 11.4 Å². The lowest BCUT2D eigenvalue weighted by molar-refractivity contribution is -0.121. The van der Waals surface area contributed by atoms with Gasteiger partial charge in [-0.1, -0.05) is 30.3 Å². The average molecular weight is 618 g/mol. The molecule has 2 atom stereocenters. The van der Waals surface area contributed by atoms with Crippen LogP contribution in [0.3, 0.4) is 0 Å². The number of amides is 3. The summed E-state index contributed by atoms with van der Waals surface area (Å²) in [7, 11) is 0. The first-order chi connectivity index (χ1) is 21.7. The topological polar surface area (TPSA) is 94.7 Å². The SMILES string of the molecule is CC(C)(C)OC(=O)N1CCN(CCNC(=O)c2ccccc2C2CC3CCC(C2)N3CCN2C(=O)COc3ccccc32)CC1. The number of para-hydroxylation sites is 2. The predicted molar refractivity (Wildman–Crippen MR) is 173 cm³/mol. The molecule has 4 aliphatic heterocycles. The Morgan fingerprint density at radius 3 is 2.33 bits per heavy atom. The molecule has 45 heavy (non-hydrogen) atoms. The highest BCUT2D eigenvalue weighted by Crippen LogP contribution is 2.44. The molecule has 10 nitrogen and oxygen atoms in total. The summed E-state index contributed by atoms with van der Waals surface area (Å²) in [4.78, 5) is 47.0. The van der Waals surface area contributed by atoms with Gasteiger partial charge in [0.2, 0.25) is 0 Å². The van der Waals surface area contributed by atoms with Crippen LogP contribution in [-0.4, -0.2) is 109 Å². The van der Waals surface area contributed by atoms with Crippen molar-refractivity contribution in [2.45, 2.75) is 70.1 Å². The second-order valence-electron chi connectivity index (χ2n) is 13.7. The number of nitrogens with one attached hydrogen (secondary N) is 1. The number of carbonyl (C=O) groups is 3. The lowest BCUT2D eigenvalue weighted by Crippen LogP contribution is -2.51. The molecule has 10 heteroatoms. The maximum absolute atomic E-state index is 13.4. The molecule has 2 bridgehead atoms. The molecular formula is C35H47N5O5. The van der Waals surface area contributed by atoms with Gasteiger partial charge in [-0.2, -0.15) is 0 Å². The van der Waals surface area contributed by atoms with E-state index in [2.05, 4.69) is 21.2 Å². The van der Waals surface area contributed by atoms with Gasteiger partial charge in [0.25, 0.3) is 11.8 Å². The fourth-order valence-electron chi connectivity index (χ4n) is 7.47. The Hall–Kier alpha value is -3.63. The molecule has 2 aromatic carbocycles. The highest BCUT2D eigenvalue weighted by Gasteiger charge is 2.42. The van der Waals surface area contributed by atoms with Crippen molar-refractivity contribution in [3.63, 3.8) is 0 Å². The van der Waals surface area contributed by atoms with Crippen LogP contribution < -0.4 is 15.0 Å². The molecular weight excluding hydrogens is 570 g/mol. The van der Waals surface area contributed by atoms with E-state index in [4.69, 9.17) is 9.47 Å². The molecule has 242 valence electrons. The number of anilines is 1. The van der Waals surface area contributed by atoms with Crippen molar-refractivity contribution in [2.24, 2.45) is 0 Å². The Labute approximate surface area is 266 Å². The number of ether oxygens (including phenoxy) is 2. The number of carbonyl (C=O) groups excluding carboxylic acids is 3. The Balaban J connectivity index is 0.998. The summed E-state index contributed by atoms with van der Waals surface area (Å²) in [5.41, 5.74) is 2.29. The van der Waals surface area contributed by atoms with E-state index in [1.807, 2.05) is 68.1 Å². The van der Waals surface area contributed by atoms with Crippen molar-refractivity contribution in [1.29, 1.82) is 0 Å². The molecule has 2 aromatic rings. The normalized spacial score (nSPS) is 23.8.